The van der Waals surface area contributed by atoms with Gasteiger partial charge in [0, 0.05) is 0 Å². The summed E-state index contributed by atoms with van der Waals surface area (Å²) in [4.78, 5) is 35.3. The Morgan fingerprint density at radius 1 is 0.933 bits per heavy atom. The third kappa shape index (κ3) is 9.52. The van der Waals surface area contributed by atoms with Crippen molar-refractivity contribution in [3.8, 4) is 11.5 Å². The average molecular weight is 484 g/mol. The molecule has 1 aromatic carbocycles. The predicted octanol–water partition coefficient (Wildman–Crippen LogP) is 4.68. The van der Waals surface area contributed by atoms with E-state index < -0.39 is 23.0 Å². The first kappa shape index (κ1) is 25.8. The summed E-state index contributed by atoms with van der Waals surface area (Å²) in [6.07, 6.45) is 0.721. The fourth-order valence-corrected chi connectivity index (χ4v) is 3.08. The summed E-state index contributed by atoms with van der Waals surface area (Å²) in [5, 5.41) is 9.10. The topological polar surface area (TPSA) is 108 Å². The van der Waals surface area contributed by atoms with E-state index in [1.807, 2.05) is 13.8 Å². The van der Waals surface area contributed by atoms with Crippen molar-refractivity contribution in [3.63, 3.8) is 0 Å². The molecule has 8 nitrogen and oxygen atoms in total. The molecule has 0 saturated carbocycles. The number of ether oxygens (including phenoxy) is 4. The molecule has 2 unspecified atom stereocenters. The number of carbonyl (C=O) groups excluding carboxylic acids is 2. The van der Waals surface area contributed by atoms with Gasteiger partial charge >= 0.3 is 179 Å². The number of benzene rings is 1. The Labute approximate surface area is 185 Å². The van der Waals surface area contributed by atoms with Crippen LogP contribution in [-0.2, 0) is 20.7 Å². The van der Waals surface area contributed by atoms with Crippen molar-refractivity contribution in [2.24, 2.45) is 0 Å². The van der Waals surface area contributed by atoms with Crippen LogP contribution in [0.4, 0.5) is 9.59 Å². The average Bonchev–Trinajstić information content (AvgIpc) is 2.63. The quantitative estimate of drug-likeness (QED) is 0.274. The second kappa shape index (κ2) is 13.2. The van der Waals surface area contributed by atoms with Crippen molar-refractivity contribution in [2.75, 3.05) is 0 Å². The molecule has 9 heteroatoms. The van der Waals surface area contributed by atoms with Gasteiger partial charge in [-0.15, -0.1) is 0 Å². The van der Waals surface area contributed by atoms with E-state index >= 15 is 0 Å². The maximum atomic E-state index is 12.1. The Hall–Kier alpha value is -2.21. The molecule has 0 amide bonds. The van der Waals surface area contributed by atoms with E-state index in [-0.39, 0.29) is 30.1 Å². The van der Waals surface area contributed by atoms with Crippen LogP contribution in [0.3, 0.4) is 0 Å². The standard InChI is InChI=1S/C21H29AsO8/c1-5-7-13(3)27-20(25)29-17-10-9-15(11-16(22)19(23)24)12-18(17)30-21(26)28-14(4)8-6-2/h9-10,12-14,16H,5-8,11H2,1-4H3,(H,23,24)/t13?,14?,16-/m0/s1. The van der Waals surface area contributed by atoms with Gasteiger partial charge in [-0.05, 0) is 0 Å². The zero-order valence-electron chi connectivity index (χ0n) is 17.8. The molecule has 0 aliphatic heterocycles. The van der Waals surface area contributed by atoms with Crippen LogP contribution < -0.4 is 9.47 Å². The third-order valence-electron chi connectivity index (χ3n) is 4.09. The van der Waals surface area contributed by atoms with Gasteiger partial charge in [0.2, 0.25) is 0 Å². The molecule has 0 saturated heterocycles. The number of carboxylic acids is 1. The van der Waals surface area contributed by atoms with Crippen molar-refractivity contribution in [1.29, 1.82) is 0 Å². The Kier molecular flexibility index (Phi) is 11.3. The second-order valence-electron chi connectivity index (χ2n) is 6.98. The van der Waals surface area contributed by atoms with Crippen molar-refractivity contribution < 1.29 is 38.4 Å². The third-order valence-corrected chi connectivity index (χ3v) is 4.94. The first-order valence-electron chi connectivity index (χ1n) is 9.96. The summed E-state index contributed by atoms with van der Waals surface area (Å²) in [5.74, 6) is -1.05. The summed E-state index contributed by atoms with van der Waals surface area (Å²) in [5.41, 5.74) is 0.590. The van der Waals surface area contributed by atoms with E-state index in [1.54, 1.807) is 19.9 Å². The first-order chi connectivity index (χ1) is 14.2. The normalized spacial score (nSPS) is 13.6. The van der Waals surface area contributed by atoms with Crippen LogP contribution in [-0.4, -0.2) is 52.4 Å². The SMILES string of the molecule is CCCC(C)OC(=O)Oc1ccc(C[C@H]([As])C(=O)O)cc1OC(=O)OC(C)CCC. The molecule has 0 aliphatic carbocycles. The van der Waals surface area contributed by atoms with Gasteiger partial charge in [-0.3, -0.25) is 0 Å². The van der Waals surface area contributed by atoms with Crippen molar-refractivity contribution in [1.82, 2.24) is 0 Å². The Morgan fingerprint density at radius 3 is 1.90 bits per heavy atom. The van der Waals surface area contributed by atoms with Gasteiger partial charge in [0.15, 0.2) is 0 Å². The molecule has 1 rings (SSSR count). The van der Waals surface area contributed by atoms with Gasteiger partial charge in [-0.2, -0.15) is 0 Å². The van der Waals surface area contributed by atoms with Crippen LogP contribution in [0.1, 0.15) is 58.9 Å². The number of carbonyl (C=O) groups is 3. The predicted molar refractivity (Wildman–Crippen MR) is 110 cm³/mol. The van der Waals surface area contributed by atoms with Crippen LogP contribution >= 0.6 is 0 Å². The molecule has 30 heavy (non-hydrogen) atoms. The summed E-state index contributed by atoms with van der Waals surface area (Å²) >= 11 is 2.07. The second-order valence-corrected chi connectivity index (χ2v) is 8.29. The molecule has 3 atom stereocenters. The van der Waals surface area contributed by atoms with Gasteiger partial charge in [-0.25, -0.2) is 0 Å². The molecule has 1 aromatic rings. The van der Waals surface area contributed by atoms with Crippen molar-refractivity contribution in [3.05, 3.63) is 23.8 Å². The van der Waals surface area contributed by atoms with E-state index in [2.05, 4.69) is 16.9 Å². The zero-order valence-corrected chi connectivity index (χ0v) is 19.6. The summed E-state index contributed by atoms with van der Waals surface area (Å²) in [6, 6.07) is 4.48. The summed E-state index contributed by atoms with van der Waals surface area (Å²) in [7, 11) is 0. The van der Waals surface area contributed by atoms with Crippen LogP contribution in [0.25, 0.3) is 0 Å². The Bertz CT molecular complexity index is 721. The van der Waals surface area contributed by atoms with E-state index in [0.29, 0.717) is 18.4 Å². The molecule has 0 heterocycles. The number of aliphatic carboxylic acids is 1. The fourth-order valence-electron chi connectivity index (χ4n) is 2.64. The molecular weight excluding hydrogens is 455 g/mol. The maximum absolute atomic E-state index is 12.1. The fraction of sp³-hybridized carbons (Fsp3) is 0.571. The van der Waals surface area contributed by atoms with Gasteiger partial charge in [0.1, 0.15) is 0 Å². The van der Waals surface area contributed by atoms with Gasteiger partial charge in [-0.1, -0.05) is 6.92 Å². The first-order valence-corrected chi connectivity index (χ1v) is 11.0. The Morgan fingerprint density at radius 2 is 1.43 bits per heavy atom. The van der Waals surface area contributed by atoms with Gasteiger partial charge in [0.25, 0.3) is 0 Å². The molecule has 0 aromatic heterocycles. The van der Waals surface area contributed by atoms with Gasteiger partial charge < -0.3 is 0 Å². The Balaban J connectivity index is 3.00. The van der Waals surface area contributed by atoms with E-state index in [0.717, 1.165) is 12.8 Å². The molecule has 2 radical (unpaired) electrons. The number of rotatable bonds is 11. The molecule has 1 N–H and O–H groups in total. The zero-order chi connectivity index (χ0) is 22.7. The molecule has 0 bridgehead atoms. The van der Waals surface area contributed by atoms with Crippen LogP contribution in [0.5, 0.6) is 11.5 Å². The van der Waals surface area contributed by atoms with Gasteiger partial charge in [0.05, 0.1) is 0 Å². The molecule has 0 spiro atoms. The number of hydrogen-bond donors (Lipinski definition) is 1. The van der Waals surface area contributed by atoms with Crippen LogP contribution in [0, 0.1) is 0 Å². The molecule has 166 valence electrons. The minimum absolute atomic E-state index is 0.0231. The van der Waals surface area contributed by atoms with Crippen molar-refractivity contribution >= 4 is 35.1 Å². The number of hydrogen-bond acceptors (Lipinski definition) is 7. The van der Waals surface area contributed by atoms with E-state index in [1.165, 1.54) is 12.1 Å². The van der Waals surface area contributed by atoms with E-state index in [4.69, 9.17) is 24.1 Å². The van der Waals surface area contributed by atoms with Crippen LogP contribution in [0.2, 0.25) is 4.71 Å². The summed E-state index contributed by atoms with van der Waals surface area (Å²) < 4.78 is 20.1. The van der Waals surface area contributed by atoms with Crippen LogP contribution in [0.15, 0.2) is 18.2 Å². The minimum atomic E-state index is -0.973. The monoisotopic (exact) mass is 484 g/mol. The van der Waals surface area contributed by atoms with E-state index in [9.17, 15) is 14.4 Å². The molecule has 0 aliphatic rings. The molecular formula is C21H29AsO8. The molecule has 0 fully saturated rings. The van der Waals surface area contributed by atoms with Crippen molar-refractivity contribution in [2.45, 2.75) is 76.7 Å². The summed E-state index contributed by atoms with van der Waals surface area (Å²) in [6.45, 7) is 7.44. The number of carboxylic acid groups (broad SMARTS) is 1.